The molecule has 156 valence electrons. The van der Waals surface area contributed by atoms with Gasteiger partial charge in [-0.15, -0.1) is 0 Å². The number of morpholine rings is 1. The number of hydrogen-bond acceptors (Lipinski definition) is 5. The molecule has 0 radical (unpaired) electrons. The third-order valence-electron chi connectivity index (χ3n) is 4.70. The van der Waals surface area contributed by atoms with E-state index in [0.717, 1.165) is 30.2 Å². The van der Waals surface area contributed by atoms with E-state index in [0.29, 0.717) is 5.56 Å². The minimum absolute atomic E-state index is 0.0184. The molecule has 1 heterocycles. The van der Waals surface area contributed by atoms with Crippen LogP contribution in [0.1, 0.15) is 38.1 Å². The Balaban J connectivity index is 1.59. The summed E-state index contributed by atoms with van der Waals surface area (Å²) in [4.78, 5) is 14.8. The van der Waals surface area contributed by atoms with Crippen molar-refractivity contribution in [1.29, 1.82) is 0 Å². The molecule has 0 spiro atoms. The molecule has 7 heteroatoms. The molecule has 1 aliphatic rings. The Morgan fingerprint density at radius 2 is 1.59 bits per heavy atom. The van der Waals surface area contributed by atoms with Crippen LogP contribution in [-0.4, -0.2) is 41.0 Å². The molecule has 0 saturated carbocycles. The average molecular weight is 416 g/mol. The standard InChI is InChI=1S/C22H29N3O3S/c1-15(2)29(27)24-20-7-5-18(6-8-20)22(26)23-19-9-11-21(12-10-19)25-13-16(3)28-17(4)14-25/h5-12,15-17,24H,13-14H2,1-4H3,(H,23,26)/t16-,17+,29?. The lowest BCUT2D eigenvalue weighted by molar-refractivity contribution is -0.00521. The van der Waals surface area contributed by atoms with Crippen molar-refractivity contribution in [3.8, 4) is 0 Å². The maximum Gasteiger partial charge on any atom is 0.255 e. The summed E-state index contributed by atoms with van der Waals surface area (Å²) in [7, 11) is 0. The third kappa shape index (κ3) is 5.88. The molecule has 1 amide bonds. The Hall–Kier alpha value is -2.22. The fourth-order valence-corrected chi connectivity index (χ4v) is 3.88. The molecule has 0 bridgehead atoms. The van der Waals surface area contributed by atoms with E-state index < -0.39 is 11.4 Å². The first-order valence-corrected chi connectivity index (χ1v) is 11.1. The van der Waals surface area contributed by atoms with Crippen LogP contribution in [0.15, 0.2) is 48.5 Å². The van der Waals surface area contributed by atoms with Gasteiger partial charge in [-0.3, -0.25) is 4.79 Å². The monoisotopic (exact) mass is 415 g/mol. The molecule has 1 aliphatic heterocycles. The number of hydrogen-bond donors (Lipinski definition) is 2. The van der Waals surface area contributed by atoms with E-state index in [1.54, 1.807) is 24.3 Å². The lowest BCUT2D eigenvalue weighted by Crippen LogP contribution is -2.45. The van der Waals surface area contributed by atoms with Crippen LogP contribution < -0.4 is 14.9 Å². The second-order valence-corrected chi connectivity index (χ2v) is 9.43. The molecule has 2 aromatic carbocycles. The third-order valence-corrected chi connectivity index (χ3v) is 6.00. The zero-order valence-corrected chi connectivity index (χ0v) is 18.2. The van der Waals surface area contributed by atoms with Gasteiger partial charge in [-0.25, -0.2) is 4.72 Å². The summed E-state index contributed by atoms with van der Waals surface area (Å²) in [6.07, 6.45) is 0.405. The highest BCUT2D eigenvalue weighted by Crippen LogP contribution is 2.23. The van der Waals surface area contributed by atoms with Gasteiger partial charge in [0.15, 0.2) is 0 Å². The minimum Gasteiger partial charge on any atom is -0.593 e. The predicted molar refractivity (Wildman–Crippen MR) is 120 cm³/mol. The van der Waals surface area contributed by atoms with Crippen LogP contribution >= 0.6 is 0 Å². The van der Waals surface area contributed by atoms with Crippen LogP contribution in [0.3, 0.4) is 0 Å². The smallest absolute Gasteiger partial charge is 0.255 e. The Morgan fingerprint density at radius 1 is 1.03 bits per heavy atom. The van der Waals surface area contributed by atoms with Crippen molar-refractivity contribution in [3.63, 3.8) is 0 Å². The second-order valence-electron chi connectivity index (χ2n) is 7.69. The highest BCUT2D eigenvalue weighted by molar-refractivity contribution is 7.93. The lowest BCUT2D eigenvalue weighted by atomic mass is 10.1. The fraction of sp³-hybridized carbons (Fsp3) is 0.409. The Labute approximate surface area is 175 Å². The number of carbonyl (C=O) groups excluding carboxylic acids is 1. The number of amides is 1. The number of anilines is 3. The molecule has 2 aromatic rings. The molecular formula is C22H29N3O3S. The molecule has 3 rings (SSSR count). The zero-order valence-electron chi connectivity index (χ0n) is 17.3. The molecule has 0 aromatic heterocycles. The maximum absolute atomic E-state index is 12.5. The van der Waals surface area contributed by atoms with Gasteiger partial charge in [0.1, 0.15) is 5.25 Å². The average Bonchev–Trinajstić information content (AvgIpc) is 2.68. The van der Waals surface area contributed by atoms with Gasteiger partial charge in [0.05, 0.1) is 29.3 Å². The molecule has 6 nitrogen and oxygen atoms in total. The lowest BCUT2D eigenvalue weighted by Gasteiger charge is -2.36. The molecule has 1 unspecified atom stereocenters. The molecule has 29 heavy (non-hydrogen) atoms. The summed E-state index contributed by atoms with van der Waals surface area (Å²) in [6, 6.07) is 14.8. The number of carbonyl (C=O) groups is 1. The topological polar surface area (TPSA) is 76.7 Å². The van der Waals surface area contributed by atoms with E-state index in [-0.39, 0.29) is 23.4 Å². The first-order chi connectivity index (χ1) is 13.8. The Morgan fingerprint density at radius 3 is 2.14 bits per heavy atom. The molecule has 2 N–H and O–H groups in total. The van der Waals surface area contributed by atoms with Crippen molar-refractivity contribution in [1.82, 2.24) is 0 Å². The van der Waals surface area contributed by atoms with Gasteiger partial charge in [-0.1, -0.05) is 0 Å². The Bertz CT molecular complexity index is 801. The van der Waals surface area contributed by atoms with E-state index in [1.807, 2.05) is 38.1 Å². The fourth-order valence-electron chi connectivity index (χ4n) is 3.27. The number of ether oxygens (including phenoxy) is 1. The molecule has 3 atom stereocenters. The summed E-state index contributed by atoms with van der Waals surface area (Å²) in [5, 5.41) is 2.94. The van der Waals surface area contributed by atoms with Crippen molar-refractivity contribution >= 4 is 34.3 Å². The van der Waals surface area contributed by atoms with Crippen LogP contribution in [-0.2, 0) is 16.1 Å². The molecule has 1 fully saturated rings. The molecule has 1 saturated heterocycles. The molecule has 0 aliphatic carbocycles. The summed E-state index contributed by atoms with van der Waals surface area (Å²) in [6.45, 7) is 9.65. The van der Waals surface area contributed by atoms with Gasteiger partial charge >= 0.3 is 0 Å². The number of nitrogens with one attached hydrogen (secondary N) is 2. The molecular weight excluding hydrogens is 386 g/mol. The highest BCUT2D eigenvalue weighted by Gasteiger charge is 2.22. The van der Waals surface area contributed by atoms with Gasteiger partial charge in [0.25, 0.3) is 5.91 Å². The van der Waals surface area contributed by atoms with E-state index >= 15 is 0 Å². The first-order valence-electron chi connectivity index (χ1n) is 9.91. The van der Waals surface area contributed by atoms with Crippen LogP contribution in [0.5, 0.6) is 0 Å². The highest BCUT2D eigenvalue weighted by atomic mass is 32.2. The van der Waals surface area contributed by atoms with Gasteiger partial charge in [-0.2, -0.15) is 0 Å². The van der Waals surface area contributed by atoms with Crippen molar-refractivity contribution in [3.05, 3.63) is 54.1 Å². The largest absolute Gasteiger partial charge is 0.593 e. The quantitative estimate of drug-likeness (QED) is 0.697. The van der Waals surface area contributed by atoms with E-state index in [1.165, 1.54) is 0 Å². The summed E-state index contributed by atoms with van der Waals surface area (Å²) < 4.78 is 20.6. The van der Waals surface area contributed by atoms with E-state index in [4.69, 9.17) is 4.74 Å². The van der Waals surface area contributed by atoms with Crippen LogP contribution in [0.2, 0.25) is 0 Å². The first kappa shape index (κ1) is 21.5. The SMILES string of the molecule is CC(C)[S+]([O-])Nc1ccc(C(=O)Nc2ccc(N3C[C@@H](C)O[C@@H](C)C3)cc2)cc1. The van der Waals surface area contributed by atoms with Gasteiger partial charge < -0.3 is 19.5 Å². The summed E-state index contributed by atoms with van der Waals surface area (Å²) >= 11 is -1.14. The summed E-state index contributed by atoms with van der Waals surface area (Å²) in [5.74, 6) is -0.178. The Kier molecular flexibility index (Phi) is 7.05. The van der Waals surface area contributed by atoms with Crippen LogP contribution in [0, 0.1) is 0 Å². The van der Waals surface area contributed by atoms with Gasteiger partial charge in [0, 0.05) is 30.0 Å². The van der Waals surface area contributed by atoms with Crippen molar-refractivity contribution in [2.24, 2.45) is 0 Å². The normalized spacial score (nSPS) is 20.4. The van der Waals surface area contributed by atoms with Gasteiger partial charge in [-0.05, 0) is 76.2 Å². The van der Waals surface area contributed by atoms with Crippen molar-refractivity contribution < 1.29 is 14.1 Å². The van der Waals surface area contributed by atoms with Crippen molar-refractivity contribution in [2.45, 2.75) is 45.2 Å². The van der Waals surface area contributed by atoms with Crippen LogP contribution in [0.4, 0.5) is 17.1 Å². The number of nitrogens with zero attached hydrogens (tertiary/aromatic N) is 1. The second kappa shape index (κ2) is 9.52. The van der Waals surface area contributed by atoms with Crippen LogP contribution in [0.25, 0.3) is 0 Å². The number of rotatable bonds is 6. The van der Waals surface area contributed by atoms with E-state index in [2.05, 4.69) is 28.8 Å². The predicted octanol–water partition coefficient (Wildman–Crippen LogP) is 4.04. The van der Waals surface area contributed by atoms with Gasteiger partial charge in [0.2, 0.25) is 0 Å². The maximum atomic E-state index is 12.5. The van der Waals surface area contributed by atoms with Crippen molar-refractivity contribution in [2.75, 3.05) is 28.0 Å². The van der Waals surface area contributed by atoms with E-state index in [9.17, 15) is 9.35 Å². The minimum atomic E-state index is -1.14. The zero-order chi connectivity index (χ0) is 21.0. The summed E-state index contributed by atoms with van der Waals surface area (Å²) in [5.41, 5.74) is 3.15. The number of benzene rings is 2.